The summed E-state index contributed by atoms with van der Waals surface area (Å²) < 4.78 is 0. The van der Waals surface area contributed by atoms with Gasteiger partial charge in [-0.05, 0) is 55.7 Å². The van der Waals surface area contributed by atoms with E-state index >= 15 is 0 Å². The summed E-state index contributed by atoms with van der Waals surface area (Å²) in [6, 6.07) is 7.54. The van der Waals surface area contributed by atoms with Gasteiger partial charge in [0.1, 0.15) is 0 Å². The Morgan fingerprint density at radius 3 is 2.67 bits per heavy atom. The highest BCUT2D eigenvalue weighted by Crippen LogP contribution is 2.31. The number of benzene rings is 1. The van der Waals surface area contributed by atoms with Crippen LogP contribution in [-0.4, -0.2) is 40.4 Å². The maximum atomic E-state index is 12.6. The van der Waals surface area contributed by atoms with E-state index in [-0.39, 0.29) is 36.6 Å². The summed E-state index contributed by atoms with van der Waals surface area (Å²) in [6.45, 7) is 2.76. The van der Waals surface area contributed by atoms with E-state index in [0.29, 0.717) is 18.7 Å². The zero-order valence-electron chi connectivity index (χ0n) is 15.8. The minimum absolute atomic E-state index is 0.0590. The van der Waals surface area contributed by atoms with E-state index in [9.17, 15) is 14.4 Å². The molecule has 2 N–H and O–H groups in total. The Morgan fingerprint density at radius 1 is 1.22 bits per heavy atom. The number of nitrogens with one attached hydrogen (secondary N) is 1. The predicted octanol–water partition coefficient (Wildman–Crippen LogP) is 3.07. The number of anilines is 1. The van der Waals surface area contributed by atoms with Crippen LogP contribution in [-0.2, 0) is 20.8 Å². The van der Waals surface area contributed by atoms with Gasteiger partial charge in [0.25, 0.3) is 0 Å². The quantitative estimate of drug-likeness (QED) is 0.803. The Labute approximate surface area is 159 Å². The molecule has 1 saturated heterocycles. The van der Waals surface area contributed by atoms with Crippen LogP contribution in [0.1, 0.15) is 51.0 Å². The molecule has 2 aliphatic rings. The summed E-state index contributed by atoms with van der Waals surface area (Å²) in [4.78, 5) is 37.7. The minimum Gasteiger partial charge on any atom is -0.481 e. The van der Waals surface area contributed by atoms with Crippen molar-refractivity contribution in [2.45, 2.75) is 57.9 Å². The number of hydrogen-bond acceptors (Lipinski definition) is 3. The Kier molecular flexibility index (Phi) is 6.14. The third kappa shape index (κ3) is 5.08. The summed E-state index contributed by atoms with van der Waals surface area (Å²) in [5.41, 5.74) is 1.52. The van der Waals surface area contributed by atoms with Crippen LogP contribution in [0.2, 0.25) is 0 Å². The molecule has 6 nitrogen and oxygen atoms in total. The topological polar surface area (TPSA) is 86.7 Å². The molecule has 0 spiro atoms. The molecule has 1 atom stereocenters. The van der Waals surface area contributed by atoms with Crippen molar-refractivity contribution in [1.82, 2.24) is 4.90 Å². The van der Waals surface area contributed by atoms with Gasteiger partial charge in [-0.3, -0.25) is 14.4 Å². The standard InChI is InChI=1S/C21H28N2O4/c1-14-5-8-18(9-6-14)23-13-16(12-19(23)24)21(27)22-17-4-2-3-15(11-17)7-10-20(25)26/h2-4,11,14,16,18H,5-10,12-13H2,1H3,(H,22,27)(H,25,26). The van der Waals surface area contributed by atoms with Gasteiger partial charge in [-0.1, -0.05) is 19.1 Å². The monoisotopic (exact) mass is 372 g/mol. The fourth-order valence-electron chi connectivity index (χ4n) is 4.11. The molecule has 0 aromatic heterocycles. The second kappa shape index (κ2) is 8.55. The van der Waals surface area contributed by atoms with Crippen LogP contribution in [0.25, 0.3) is 0 Å². The van der Waals surface area contributed by atoms with E-state index in [1.165, 1.54) is 0 Å². The van der Waals surface area contributed by atoms with E-state index in [4.69, 9.17) is 5.11 Å². The van der Waals surface area contributed by atoms with Gasteiger partial charge in [-0.25, -0.2) is 0 Å². The molecule has 3 rings (SSSR count). The molecule has 6 heteroatoms. The molecule has 27 heavy (non-hydrogen) atoms. The third-order valence-corrected chi connectivity index (χ3v) is 5.78. The highest BCUT2D eigenvalue weighted by atomic mass is 16.4. The Hall–Kier alpha value is -2.37. The molecule has 0 bridgehead atoms. The second-order valence-corrected chi connectivity index (χ2v) is 7.94. The molecule has 2 fully saturated rings. The number of aryl methyl sites for hydroxylation is 1. The molecular formula is C21H28N2O4. The first kappa shape index (κ1) is 19.4. The van der Waals surface area contributed by atoms with Crippen LogP contribution in [0, 0.1) is 11.8 Å². The molecule has 1 saturated carbocycles. The summed E-state index contributed by atoms with van der Waals surface area (Å²) in [6.07, 6.45) is 5.12. The largest absolute Gasteiger partial charge is 0.481 e. The number of carboxylic acids is 1. The van der Waals surface area contributed by atoms with Crippen molar-refractivity contribution < 1.29 is 19.5 Å². The molecule has 2 amide bonds. The van der Waals surface area contributed by atoms with Crippen LogP contribution in [0.5, 0.6) is 0 Å². The number of nitrogens with zero attached hydrogens (tertiary/aromatic N) is 1. The Balaban J connectivity index is 1.56. The smallest absolute Gasteiger partial charge is 0.303 e. The fourth-order valence-corrected chi connectivity index (χ4v) is 4.11. The summed E-state index contributed by atoms with van der Waals surface area (Å²) in [7, 11) is 0. The third-order valence-electron chi connectivity index (χ3n) is 5.78. The van der Waals surface area contributed by atoms with E-state index in [0.717, 1.165) is 37.2 Å². The number of aliphatic carboxylic acids is 1. The van der Waals surface area contributed by atoms with Crippen LogP contribution >= 0.6 is 0 Å². The predicted molar refractivity (Wildman–Crippen MR) is 102 cm³/mol. The van der Waals surface area contributed by atoms with Crippen LogP contribution in [0.4, 0.5) is 5.69 Å². The van der Waals surface area contributed by atoms with E-state index < -0.39 is 5.97 Å². The van der Waals surface area contributed by atoms with Gasteiger partial charge in [-0.2, -0.15) is 0 Å². The molecule has 1 aromatic carbocycles. The first-order chi connectivity index (χ1) is 12.9. The van der Waals surface area contributed by atoms with Crippen LogP contribution in [0.15, 0.2) is 24.3 Å². The van der Waals surface area contributed by atoms with Gasteiger partial charge in [0.05, 0.1) is 5.92 Å². The van der Waals surface area contributed by atoms with Crippen LogP contribution in [0.3, 0.4) is 0 Å². The van der Waals surface area contributed by atoms with E-state index in [1.807, 2.05) is 17.0 Å². The molecule has 1 aliphatic carbocycles. The van der Waals surface area contributed by atoms with E-state index in [2.05, 4.69) is 12.2 Å². The zero-order valence-corrected chi connectivity index (χ0v) is 15.8. The summed E-state index contributed by atoms with van der Waals surface area (Å²) in [5, 5.41) is 11.7. The Bertz CT molecular complexity index is 710. The lowest BCUT2D eigenvalue weighted by molar-refractivity contribution is -0.137. The first-order valence-electron chi connectivity index (χ1n) is 9.83. The van der Waals surface area contributed by atoms with Crippen molar-refractivity contribution in [3.63, 3.8) is 0 Å². The molecule has 146 valence electrons. The summed E-state index contributed by atoms with van der Waals surface area (Å²) >= 11 is 0. The number of carbonyl (C=O) groups excluding carboxylic acids is 2. The highest BCUT2D eigenvalue weighted by molar-refractivity contribution is 5.97. The highest BCUT2D eigenvalue weighted by Gasteiger charge is 2.38. The SMILES string of the molecule is CC1CCC(N2CC(C(=O)Nc3cccc(CCC(=O)O)c3)CC2=O)CC1. The van der Waals surface area contributed by atoms with Crippen molar-refractivity contribution in [3.05, 3.63) is 29.8 Å². The van der Waals surface area contributed by atoms with Crippen molar-refractivity contribution >= 4 is 23.5 Å². The molecule has 1 heterocycles. The lowest BCUT2D eigenvalue weighted by Crippen LogP contribution is -2.39. The van der Waals surface area contributed by atoms with Crippen molar-refractivity contribution in [2.24, 2.45) is 11.8 Å². The second-order valence-electron chi connectivity index (χ2n) is 7.94. The maximum absolute atomic E-state index is 12.6. The zero-order chi connectivity index (χ0) is 19.4. The number of carbonyl (C=O) groups is 3. The average Bonchev–Trinajstić information content (AvgIpc) is 3.03. The van der Waals surface area contributed by atoms with Gasteiger partial charge < -0.3 is 15.3 Å². The van der Waals surface area contributed by atoms with Gasteiger partial charge in [0.15, 0.2) is 0 Å². The first-order valence-corrected chi connectivity index (χ1v) is 9.83. The lowest BCUT2D eigenvalue weighted by Gasteiger charge is -2.33. The number of likely N-dealkylation sites (tertiary alicyclic amines) is 1. The van der Waals surface area contributed by atoms with Gasteiger partial charge in [0.2, 0.25) is 11.8 Å². The van der Waals surface area contributed by atoms with Gasteiger partial charge in [0, 0.05) is 31.1 Å². The molecular weight excluding hydrogens is 344 g/mol. The number of rotatable bonds is 6. The van der Waals surface area contributed by atoms with Gasteiger partial charge in [-0.15, -0.1) is 0 Å². The maximum Gasteiger partial charge on any atom is 0.303 e. The van der Waals surface area contributed by atoms with Crippen molar-refractivity contribution in [2.75, 3.05) is 11.9 Å². The van der Waals surface area contributed by atoms with Crippen molar-refractivity contribution in [1.29, 1.82) is 0 Å². The summed E-state index contributed by atoms with van der Waals surface area (Å²) in [5.74, 6) is -0.479. The Morgan fingerprint density at radius 2 is 1.96 bits per heavy atom. The van der Waals surface area contributed by atoms with Gasteiger partial charge >= 0.3 is 5.97 Å². The molecule has 1 unspecified atom stereocenters. The minimum atomic E-state index is -0.842. The molecule has 1 aliphatic heterocycles. The van der Waals surface area contributed by atoms with Crippen LogP contribution < -0.4 is 5.32 Å². The fraction of sp³-hybridized carbons (Fsp3) is 0.571. The number of carboxylic acid groups (broad SMARTS) is 1. The lowest BCUT2D eigenvalue weighted by atomic mass is 9.87. The average molecular weight is 372 g/mol. The number of hydrogen-bond donors (Lipinski definition) is 2. The molecule has 0 radical (unpaired) electrons. The van der Waals surface area contributed by atoms with Crippen molar-refractivity contribution in [3.8, 4) is 0 Å². The number of amides is 2. The normalized spacial score (nSPS) is 25.4. The molecule has 1 aromatic rings. The van der Waals surface area contributed by atoms with E-state index in [1.54, 1.807) is 12.1 Å².